The van der Waals surface area contributed by atoms with Crippen molar-refractivity contribution in [3.05, 3.63) is 100 Å². The first-order valence-electron chi connectivity index (χ1n) is 10.4. The van der Waals surface area contributed by atoms with Gasteiger partial charge in [0.1, 0.15) is 5.69 Å². The van der Waals surface area contributed by atoms with Gasteiger partial charge in [-0.2, -0.15) is 5.10 Å². The number of hydrogen-bond donors (Lipinski definition) is 0. The van der Waals surface area contributed by atoms with Gasteiger partial charge in [0, 0.05) is 12.6 Å². The van der Waals surface area contributed by atoms with Crippen LogP contribution in [0, 0.1) is 0 Å². The van der Waals surface area contributed by atoms with Crippen LogP contribution in [0.1, 0.15) is 45.0 Å². The second-order valence-corrected chi connectivity index (χ2v) is 8.34. The molecule has 0 unspecified atom stereocenters. The highest BCUT2D eigenvalue weighted by Crippen LogP contribution is 2.39. The molecule has 5 nitrogen and oxygen atoms in total. The van der Waals surface area contributed by atoms with Crippen LogP contribution in [0.4, 0.5) is 5.69 Å². The largest absolute Gasteiger partial charge is 0.271 e. The van der Waals surface area contributed by atoms with E-state index in [0.29, 0.717) is 0 Å². The molecule has 0 aliphatic carbocycles. The maximum atomic E-state index is 12.2. The van der Waals surface area contributed by atoms with E-state index in [0.717, 1.165) is 23.6 Å². The van der Waals surface area contributed by atoms with Gasteiger partial charge in [0.2, 0.25) is 0 Å². The molecule has 30 heavy (non-hydrogen) atoms. The first kappa shape index (κ1) is 20.1. The number of rotatable bonds is 5. The second-order valence-electron chi connectivity index (χ2n) is 8.34. The Kier molecular flexibility index (Phi) is 5.31. The van der Waals surface area contributed by atoms with Crippen molar-refractivity contribution in [2.24, 2.45) is 0 Å². The number of benzene rings is 2. The van der Waals surface area contributed by atoms with Gasteiger partial charge in [0.15, 0.2) is 0 Å². The van der Waals surface area contributed by atoms with E-state index in [1.165, 1.54) is 5.56 Å². The van der Waals surface area contributed by atoms with Crippen LogP contribution < -0.4 is 10.6 Å². The summed E-state index contributed by atoms with van der Waals surface area (Å²) in [6, 6.07) is 24.3. The van der Waals surface area contributed by atoms with E-state index >= 15 is 0 Å². The zero-order valence-corrected chi connectivity index (χ0v) is 18.0. The highest BCUT2D eigenvalue weighted by atomic mass is 16.1. The summed E-state index contributed by atoms with van der Waals surface area (Å²) in [5.74, 6) is 0. The number of hydrogen-bond acceptors (Lipinski definition) is 4. The molecular weight excluding hydrogens is 372 g/mol. The molecular formula is C25H28N4O. The third kappa shape index (κ3) is 3.57. The fraction of sp³-hybridized carbons (Fsp3) is 0.280. The van der Waals surface area contributed by atoms with Crippen LogP contribution in [0.15, 0.2) is 83.7 Å². The molecule has 2 heterocycles. The van der Waals surface area contributed by atoms with E-state index in [9.17, 15) is 4.79 Å². The maximum Gasteiger partial charge on any atom is 0.267 e. The van der Waals surface area contributed by atoms with E-state index in [4.69, 9.17) is 0 Å². The molecule has 0 fully saturated rings. The first-order valence-corrected chi connectivity index (χ1v) is 10.4. The van der Waals surface area contributed by atoms with Crippen LogP contribution in [-0.2, 0) is 5.54 Å². The summed E-state index contributed by atoms with van der Waals surface area (Å²) in [7, 11) is 0. The fourth-order valence-corrected chi connectivity index (χ4v) is 3.94. The average molecular weight is 401 g/mol. The van der Waals surface area contributed by atoms with Crippen LogP contribution in [0.25, 0.3) is 5.70 Å². The Morgan fingerprint density at radius 2 is 1.53 bits per heavy atom. The van der Waals surface area contributed by atoms with Crippen molar-refractivity contribution < 1.29 is 0 Å². The van der Waals surface area contributed by atoms with E-state index in [1.807, 2.05) is 44.2 Å². The van der Waals surface area contributed by atoms with Crippen molar-refractivity contribution in [2.45, 2.75) is 39.3 Å². The summed E-state index contributed by atoms with van der Waals surface area (Å²) in [4.78, 5) is 12.2. The summed E-state index contributed by atoms with van der Waals surface area (Å²) >= 11 is 0. The van der Waals surface area contributed by atoms with E-state index < -0.39 is 0 Å². The van der Waals surface area contributed by atoms with Crippen molar-refractivity contribution in [3.8, 4) is 0 Å². The fourth-order valence-electron chi connectivity index (χ4n) is 3.94. The molecule has 0 spiro atoms. The molecule has 1 aliphatic rings. The number of aromatic nitrogens is 2. The predicted molar refractivity (Wildman–Crippen MR) is 122 cm³/mol. The number of para-hydroxylation sites is 1. The summed E-state index contributed by atoms with van der Waals surface area (Å²) in [6.07, 6.45) is 2.19. The molecule has 0 N–H and O–H groups in total. The Morgan fingerprint density at radius 3 is 2.17 bits per heavy atom. The molecule has 0 radical (unpaired) electrons. The Labute approximate surface area is 177 Å². The SMILES string of the molecule is CC(C)n1nc(C2=CCN(C(C)(C)c3ccccc3)N2c2ccccc2)ccc1=O. The van der Waals surface area contributed by atoms with Crippen LogP contribution in [0.2, 0.25) is 0 Å². The molecule has 0 amide bonds. The lowest BCUT2D eigenvalue weighted by molar-refractivity contribution is 0.147. The normalized spacial score (nSPS) is 15.0. The topological polar surface area (TPSA) is 41.4 Å². The summed E-state index contributed by atoms with van der Waals surface area (Å²) in [6.45, 7) is 9.16. The second kappa shape index (κ2) is 7.92. The predicted octanol–water partition coefficient (Wildman–Crippen LogP) is 4.84. The van der Waals surface area contributed by atoms with Crippen LogP contribution in [0.3, 0.4) is 0 Å². The van der Waals surface area contributed by atoms with Crippen molar-refractivity contribution in [1.82, 2.24) is 14.8 Å². The lowest BCUT2D eigenvalue weighted by Gasteiger charge is -2.43. The molecule has 4 rings (SSSR count). The molecule has 0 bridgehead atoms. The van der Waals surface area contributed by atoms with E-state index in [2.05, 4.69) is 71.4 Å². The Bertz CT molecular complexity index is 1100. The van der Waals surface area contributed by atoms with Gasteiger partial charge in [-0.15, -0.1) is 0 Å². The maximum absolute atomic E-state index is 12.2. The van der Waals surface area contributed by atoms with Crippen molar-refractivity contribution in [1.29, 1.82) is 0 Å². The smallest absolute Gasteiger partial charge is 0.267 e. The minimum Gasteiger partial charge on any atom is -0.271 e. The lowest BCUT2D eigenvalue weighted by atomic mass is 9.93. The highest BCUT2D eigenvalue weighted by Gasteiger charge is 2.38. The van der Waals surface area contributed by atoms with Crippen molar-refractivity contribution >= 4 is 11.4 Å². The van der Waals surface area contributed by atoms with E-state index in [1.54, 1.807) is 10.7 Å². The van der Waals surface area contributed by atoms with Gasteiger partial charge in [0.05, 0.1) is 23.0 Å². The molecule has 1 aliphatic heterocycles. The van der Waals surface area contributed by atoms with Gasteiger partial charge >= 0.3 is 0 Å². The monoisotopic (exact) mass is 400 g/mol. The zero-order chi connectivity index (χ0) is 21.3. The van der Waals surface area contributed by atoms with Gasteiger partial charge in [-0.1, -0.05) is 48.5 Å². The molecule has 0 saturated carbocycles. The minimum absolute atomic E-state index is 0.00138. The standard InChI is InChI=1S/C25H28N4O/c1-19(2)28-24(30)16-15-22(26-28)23-17-18-27(29(23)21-13-9-6-10-14-21)25(3,4)20-11-7-5-8-12-20/h5-17,19H,18H2,1-4H3. The van der Waals surface area contributed by atoms with Crippen LogP contribution in [0.5, 0.6) is 0 Å². The summed E-state index contributed by atoms with van der Waals surface area (Å²) in [5.41, 5.74) is 3.75. The molecule has 3 aromatic rings. The van der Waals surface area contributed by atoms with Gasteiger partial charge < -0.3 is 0 Å². The Hall–Kier alpha value is -3.18. The lowest BCUT2D eigenvalue weighted by Crippen LogP contribution is -2.49. The highest BCUT2D eigenvalue weighted by molar-refractivity contribution is 5.79. The van der Waals surface area contributed by atoms with Crippen LogP contribution in [-0.4, -0.2) is 21.3 Å². The van der Waals surface area contributed by atoms with Gasteiger partial charge in [-0.3, -0.25) is 9.80 Å². The number of anilines is 1. The van der Waals surface area contributed by atoms with Gasteiger partial charge in [-0.05, 0) is 57.5 Å². The van der Waals surface area contributed by atoms with E-state index in [-0.39, 0.29) is 17.1 Å². The summed E-state index contributed by atoms with van der Waals surface area (Å²) in [5, 5.41) is 9.26. The van der Waals surface area contributed by atoms with Gasteiger partial charge in [0.25, 0.3) is 5.56 Å². The van der Waals surface area contributed by atoms with Gasteiger partial charge in [-0.25, -0.2) is 9.69 Å². The summed E-state index contributed by atoms with van der Waals surface area (Å²) < 4.78 is 1.55. The number of nitrogens with zero attached hydrogens (tertiary/aromatic N) is 4. The Balaban J connectivity index is 1.81. The Morgan fingerprint density at radius 1 is 0.900 bits per heavy atom. The molecule has 2 aromatic carbocycles. The third-order valence-electron chi connectivity index (χ3n) is 5.63. The zero-order valence-electron chi connectivity index (χ0n) is 18.0. The average Bonchev–Trinajstić information content (AvgIpc) is 3.21. The first-order chi connectivity index (χ1) is 14.4. The molecule has 1 aromatic heterocycles. The van der Waals surface area contributed by atoms with Crippen molar-refractivity contribution in [3.63, 3.8) is 0 Å². The minimum atomic E-state index is -0.248. The number of hydrazine groups is 1. The third-order valence-corrected chi connectivity index (χ3v) is 5.63. The van der Waals surface area contributed by atoms with Crippen LogP contribution >= 0.6 is 0 Å². The molecule has 0 atom stereocenters. The van der Waals surface area contributed by atoms with Crippen molar-refractivity contribution in [2.75, 3.05) is 11.6 Å². The molecule has 0 saturated heterocycles. The molecule has 154 valence electrons. The quantitative estimate of drug-likeness (QED) is 0.615. The molecule has 5 heteroatoms.